The lowest BCUT2D eigenvalue weighted by molar-refractivity contribution is -0.135. The van der Waals surface area contributed by atoms with Crippen LogP contribution in [-0.4, -0.2) is 60.8 Å². The molecule has 0 aromatic rings. The molecule has 0 radical (unpaired) electrons. The molecule has 7 nitrogen and oxygen atoms in total. The van der Waals surface area contributed by atoms with E-state index in [0.717, 1.165) is 173 Å². The van der Waals surface area contributed by atoms with Crippen molar-refractivity contribution in [2.24, 2.45) is 53.3 Å². The fraction of sp³-hybridized carbons (Fsp3) is 0.917. The maximum Gasteiger partial charge on any atom is 0.139 e. The molecule has 0 saturated heterocycles. The fourth-order valence-electron chi connectivity index (χ4n) is 12.6. The molecule has 0 N–H and O–H groups in total. The Bertz CT molecular complexity index is 1240. The molecule has 0 atom stereocenters. The van der Waals surface area contributed by atoms with Gasteiger partial charge in [-0.2, -0.15) is 0 Å². The summed E-state index contributed by atoms with van der Waals surface area (Å²) < 4.78 is 18.7. The van der Waals surface area contributed by atoms with Crippen LogP contribution in [0.15, 0.2) is 0 Å². The van der Waals surface area contributed by atoms with Crippen LogP contribution in [0.25, 0.3) is 0 Å². The van der Waals surface area contributed by atoms with Gasteiger partial charge in [-0.3, -0.25) is 19.2 Å². The van der Waals surface area contributed by atoms with Crippen molar-refractivity contribution in [1.82, 2.24) is 0 Å². The Kier molecular flexibility index (Phi) is 15.2. The summed E-state index contributed by atoms with van der Waals surface area (Å²) in [6.45, 7) is 2.31. The van der Waals surface area contributed by atoms with Crippen molar-refractivity contribution >= 4 is 23.1 Å². The third-order valence-electron chi connectivity index (χ3n) is 16.4. The zero-order chi connectivity index (χ0) is 38.3. The highest BCUT2D eigenvalue weighted by molar-refractivity contribution is 5.86. The second kappa shape index (κ2) is 20.0. The molecule has 0 aromatic carbocycles. The smallest absolute Gasteiger partial charge is 0.139 e. The second-order valence-corrected chi connectivity index (χ2v) is 20.0. The fourth-order valence-corrected chi connectivity index (χ4v) is 12.6. The summed E-state index contributed by atoms with van der Waals surface area (Å²) in [7, 11) is 1.79. The third-order valence-corrected chi connectivity index (χ3v) is 16.4. The van der Waals surface area contributed by atoms with E-state index >= 15 is 0 Å². The van der Waals surface area contributed by atoms with E-state index in [-0.39, 0.29) is 71.8 Å². The molecule has 0 aromatic heterocycles. The van der Waals surface area contributed by atoms with E-state index in [4.69, 9.17) is 14.2 Å². The number of methoxy groups -OCH3 is 1. The third kappa shape index (κ3) is 11.0. The number of Topliss-reactive ketones (excluding diaryl/α,β-unsaturated/α-hetero) is 4. The number of carbonyl (C=O) groups is 4. The second-order valence-electron chi connectivity index (χ2n) is 20.0. The van der Waals surface area contributed by atoms with Gasteiger partial charge in [-0.25, -0.2) is 0 Å². The van der Waals surface area contributed by atoms with E-state index in [1.807, 2.05) is 0 Å². The zero-order valence-corrected chi connectivity index (χ0v) is 34.7. The molecular weight excluding hydrogens is 689 g/mol. The summed E-state index contributed by atoms with van der Waals surface area (Å²) >= 11 is 0. The molecule has 7 fully saturated rings. The Labute approximate surface area is 333 Å². The quantitative estimate of drug-likeness (QED) is 0.184. The van der Waals surface area contributed by atoms with Crippen LogP contribution in [0.2, 0.25) is 0 Å². The summed E-state index contributed by atoms with van der Waals surface area (Å²) in [4.78, 5) is 53.5. The normalized spacial score (nSPS) is 41.9. The summed E-state index contributed by atoms with van der Waals surface area (Å²) in [6.07, 6.45) is 29.1. The summed E-state index contributed by atoms with van der Waals surface area (Å²) in [5.74, 6) is 4.40. The van der Waals surface area contributed by atoms with E-state index in [0.29, 0.717) is 29.2 Å². The number of hydrogen-bond acceptors (Lipinski definition) is 7. The van der Waals surface area contributed by atoms with Crippen molar-refractivity contribution in [3.63, 3.8) is 0 Å². The van der Waals surface area contributed by atoms with Gasteiger partial charge in [0.05, 0.1) is 30.5 Å². The van der Waals surface area contributed by atoms with Crippen molar-refractivity contribution in [2.45, 2.75) is 217 Å². The Balaban J connectivity index is 0.733. The summed E-state index contributed by atoms with van der Waals surface area (Å²) in [5.41, 5.74) is 0. The van der Waals surface area contributed by atoms with E-state index in [2.05, 4.69) is 6.92 Å². The van der Waals surface area contributed by atoms with E-state index < -0.39 is 0 Å². The van der Waals surface area contributed by atoms with Crippen LogP contribution in [-0.2, 0) is 33.4 Å². The van der Waals surface area contributed by atoms with Crippen molar-refractivity contribution < 1.29 is 33.4 Å². The lowest BCUT2D eigenvalue weighted by atomic mass is 9.70. The summed E-state index contributed by atoms with van der Waals surface area (Å²) in [5, 5.41) is 0. The molecular formula is C48H76O7. The van der Waals surface area contributed by atoms with Crippen LogP contribution in [0.3, 0.4) is 0 Å². The molecule has 310 valence electrons. The van der Waals surface area contributed by atoms with Crippen LogP contribution >= 0.6 is 0 Å². The predicted molar refractivity (Wildman–Crippen MR) is 215 cm³/mol. The van der Waals surface area contributed by atoms with Gasteiger partial charge in [0.1, 0.15) is 23.1 Å². The lowest BCUT2D eigenvalue weighted by Crippen LogP contribution is -2.37. The zero-order valence-electron chi connectivity index (χ0n) is 34.7. The number of ether oxygens (including phenoxy) is 3. The molecule has 0 spiro atoms. The Morgan fingerprint density at radius 1 is 0.291 bits per heavy atom. The minimum absolute atomic E-state index is 0.160. The maximum absolute atomic E-state index is 13.6. The monoisotopic (exact) mass is 765 g/mol. The van der Waals surface area contributed by atoms with Gasteiger partial charge in [0.15, 0.2) is 0 Å². The van der Waals surface area contributed by atoms with E-state index in [9.17, 15) is 19.2 Å². The highest BCUT2D eigenvalue weighted by Crippen LogP contribution is 2.41. The molecule has 0 bridgehead atoms. The standard InChI is InChI=1S/C48H76O7/c1-31-3-5-32(6-4-31)45(49)33-7-9-34(10-8-33)46(50)36-13-23-41(24-14-36)54-43-27-17-38(18-28-43)48(52)39-19-29-44(30-20-39)55-42-25-15-37(16-26-42)47(51)35-11-21-40(53-2)22-12-35/h31-44H,3-30H2,1-2H3. The molecule has 7 aliphatic carbocycles. The van der Waals surface area contributed by atoms with Gasteiger partial charge >= 0.3 is 0 Å². The average Bonchev–Trinajstić information content (AvgIpc) is 3.24. The minimum atomic E-state index is 0.160. The molecule has 0 amide bonds. The van der Waals surface area contributed by atoms with Crippen LogP contribution < -0.4 is 0 Å². The number of carbonyl (C=O) groups excluding carboxylic acids is 4. The number of hydrogen-bond donors (Lipinski definition) is 0. The van der Waals surface area contributed by atoms with E-state index in [1.54, 1.807) is 7.11 Å². The van der Waals surface area contributed by atoms with Gasteiger partial charge in [0.2, 0.25) is 0 Å². The molecule has 0 unspecified atom stereocenters. The van der Waals surface area contributed by atoms with Crippen molar-refractivity contribution in [2.75, 3.05) is 7.11 Å². The van der Waals surface area contributed by atoms with Gasteiger partial charge in [0, 0.05) is 54.5 Å². The van der Waals surface area contributed by atoms with Crippen molar-refractivity contribution in [1.29, 1.82) is 0 Å². The van der Waals surface area contributed by atoms with Crippen LogP contribution in [0.4, 0.5) is 0 Å². The van der Waals surface area contributed by atoms with Crippen LogP contribution in [0.5, 0.6) is 0 Å². The highest BCUT2D eigenvalue weighted by atomic mass is 16.5. The van der Waals surface area contributed by atoms with E-state index in [1.165, 1.54) is 12.8 Å². The van der Waals surface area contributed by atoms with Gasteiger partial charge in [-0.05, 0) is 173 Å². The number of rotatable bonds is 13. The molecule has 0 aliphatic heterocycles. The van der Waals surface area contributed by atoms with Crippen LogP contribution in [0.1, 0.15) is 187 Å². The summed E-state index contributed by atoms with van der Waals surface area (Å²) in [6, 6.07) is 0. The molecule has 7 aliphatic rings. The first-order valence-electron chi connectivity index (χ1n) is 23.7. The number of ketones is 4. The Morgan fingerprint density at radius 2 is 0.473 bits per heavy atom. The lowest BCUT2D eigenvalue weighted by Gasteiger charge is -2.37. The van der Waals surface area contributed by atoms with Crippen molar-refractivity contribution in [3.8, 4) is 0 Å². The minimum Gasteiger partial charge on any atom is -0.381 e. The maximum atomic E-state index is 13.6. The highest BCUT2D eigenvalue weighted by Gasteiger charge is 2.40. The Hall–Kier alpha value is -1.44. The SMILES string of the molecule is COC1CCC(C(=O)C2CCC(OC3CCC(C(=O)C4CCC(OC5CCC(C(=O)C6CCC(C(=O)C7CCC(C)CC7)CC6)CC5)CC4)CC3)CC2)CC1. The van der Waals surface area contributed by atoms with Crippen LogP contribution in [0, 0.1) is 53.3 Å². The van der Waals surface area contributed by atoms with Crippen molar-refractivity contribution in [3.05, 3.63) is 0 Å². The van der Waals surface area contributed by atoms with Gasteiger partial charge in [-0.15, -0.1) is 0 Å². The Morgan fingerprint density at radius 3 is 0.691 bits per heavy atom. The molecule has 0 heterocycles. The first-order valence-corrected chi connectivity index (χ1v) is 23.7. The largest absolute Gasteiger partial charge is 0.381 e. The molecule has 7 heteroatoms. The predicted octanol–water partition coefficient (Wildman–Crippen LogP) is 10.4. The molecule has 55 heavy (non-hydrogen) atoms. The van der Waals surface area contributed by atoms with Gasteiger partial charge in [-0.1, -0.05) is 19.8 Å². The first-order chi connectivity index (χ1) is 26.7. The average molecular weight is 765 g/mol. The molecule has 7 rings (SSSR count). The first kappa shape index (κ1) is 41.7. The topological polar surface area (TPSA) is 96.0 Å². The van der Waals surface area contributed by atoms with Gasteiger partial charge < -0.3 is 14.2 Å². The van der Waals surface area contributed by atoms with Gasteiger partial charge in [0.25, 0.3) is 0 Å². The molecule has 7 saturated carbocycles.